The molecule has 0 aromatic carbocycles. The number of ether oxygens (including phenoxy) is 2. The number of aromatic nitrogens is 3. The van der Waals surface area contributed by atoms with Gasteiger partial charge in [-0.05, 0) is 27.2 Å². The van der Waals surface area contributed by atoms with Crippen molar-refractivity contribution in [2.45, 2.75) is 52.0 Å². The predicted molar refractivity (Wildman–Crippen MR) is 122 cm³/mol. The molecule has 0 bridgehead atoms. The van der Waals surface area contributed by atoms with Gasteiger partial charge in [0.1, 0.15) is 11.5 Å². The van der Waals surface area contributed by atoms with Gasteiger partial charge in [-0.25, -0.2) is 4.99 Å². The van der Waals surface area contributed by atoms with E-state index in [9.17, 15) is 9.90 Å². The number of aliphatic imine (C=N–C) groups is 3. The highest BCUT2D eigenvalue weighted by atomic mass is 32.2. The van der Waals surface area contributed by atoms with Crippen molar-refractivity contribution in [2.75, 3.05) is 32.1 Å². The second-order valence-electron chi connectivity index (χ2n) is 7.78. The van der Waals surface area contributed by atoms with Crippen LogP contribution in [0.25, 0.3) is 0 Å². The van der Waals surface area contributed by atoms with Crippen LogP contribution in [-0.4, -0.2) is 91.6 Å². The minimum atomic E-state index is -0.792. The molecular formula is C19H30N8O4S. The number of nitrogens with zero attached hydrogens (tertiary/aromatic N) is 7. The van der Waals surface area contributed by atoms with Gasteiger partial charge in [-0.15, -0.1) is 5.10 Å². The molecule has 3 rings (SSSR count). The fourth-order valence-corrected chi connectivity index (χ4v) is 4.20. The lowest BCUT2D eigenvalue weighted by molar-refractivity contribution is -0.117. The summed E-state index contributed by atoms with van der Waals surface area (Å²) in [6.45, 7) is 8.46. The van der Waals surface area contributed by atoms with E-state index in [1.807, 2.05) is 27.0 Å². The van der Waals surface area contributed by atoms with E-state index in [0.29, 0.717) is 43.1 Å². The molecule has 1 unspecified atom stereocenters. The number of guanidine groups is 1. The largest absolute Gasteiger partial charge is 0.395 e. The number of amides is 1. The number of nitrogens with two attached hydrogens (primary N) is 1. The van der Waals surface area contributed by atoms with Crippen molar-refractivity contribution >= 4 is 34.6 Å². The van der Waals surface area contributed by atoms with E-state index in [-0.39, 0.29) is 24.7 Å². The molecule has 0 saturated carbocycles. The van der Waals surface area contributed by atoms with E-state index in [2.05, 4.69) is 25.3 Å². The first kappa shape index (κ1) is 24.3. The molecule has 3 heterocycles. The van der Waals surface area contributed by atoms with Crippen LogP contribution in [0.1, 0.15) is 32.9 Å². The number of aliphatic hydroxyl groups excluding tert-OH is 1. The summed E-state index contributed by atoms with van der Waals surface area (Å²) in [5.41, 5.74) is 6.15. The average Bonchev–Trinajstić information content (AvgIpc) is 3.31. The zero-order chi connectivity index (χ0) is 23.1. The molecule has 3 N–H and O–H groups in total. The van der Waals surface area contributed by atoms with Gasteiger partial charge < -0.3 is 25.2 Å². The van der Waals surface area contributed by atoms with Gasteiger partial charge in [0.15, 0.2) is 11.2 Å². The Balaban J connectivity index is 1.46. The van der Waals surface area contributed by atoms with Crippen LogP contribution in [0.4, 0.5) is 0 Å². The number of aryl methyl sites for hydroxylation is 1. The maximum absolute atomic E-state index is 12.1. The molecule has 13 heteroatoms. The smallest absolute Gasteiger partial charge is 0.281 e. The molecule has 1 atom stereocenters. The first-order chi connectivity index (χ1) is 15.3. The number of thioether (sulfide) groups is 1. The fraction of sp³-hybridized carbons (Fsp3) is 0.684. The van der Waals surface area contributed by atoms with Crippen molar-refractivity contribution in [1.82, 2.24) is 19.9 Å². The van der Waals surface area contributed by atoms with E-state index in [0.717, 1.165) is 12.1 Å². The molecule has 0 aliphatic carbocycles. The summed E-state index contributed by atoms with van der Waals surface area (Å²) in [5, 5.41) is 18.3. The highest BCUT2D eigenvalue weighted by molar-refractivity contribution is 8.13. The topological polar surface area (TPSA) is 153 Å². The summed E-state index contributed by atoms with van der Waals surface area (Å²) in [4.78, 5) is 26.0. The Morgan fingerprint density at radius 3 is 2.88 bits per heavy atom. The van der Waals surface area contributed by atoms with Crippen molar-refractivity contribution in [3.8, 4) is 0 Å². The van der Waals surface area contributed by atoms with Gasteiger partial charge in [-0.2, -0.15) is 9.98 Å². The average molecular weight is 467 g/mol. The normalized spacial score (nSPS) is 18.5. The van der Waals surface area contributed by atoms with Crippen molar-refractivity contribution in [3.05, 3.63) is 11.9 Å². The van der Waals surface area contributed by atoms with E-state index in [4.69, 9.17) is 15.2 Å². The molecular weight excluding hydrogens is 436 g/mol. The van der Waals surface area contributed by atoms with Crippen LogP contribution in [0.5, 0.6) is 0 Å². The van der Waals surface area contributed by atoms with E-state index < -0.39 is 11.9 Å². The Bertz CT molecular complexity index is 898. The maximum Gasteiger partial charge on any atom is 0.281 e. The van der Waals surface area contributed by atoms with Crippen LogP contribution in [-0.2, 0) is 27.4 Å². The molecule has 1 amide bonds. The molecule has 1 aromatic heterocycles. The number of aliphatic hydroxyl groups is 1. The quantitative estimate of drug-likeness (QED) is 0.406. The van der Waals surface area contributed by atoms with E-state index in [1.54, 1.807) is 9.58 Å². The number of amidine groups is 2. The third-order valence-corrected chi connectivity index (χ3v) is 5.74. The van der Waals surface area contributed by atoms with Gasteiger partial charge in [-0.3, -0.25) is 9.48 Å². The van der Waals surface area contributed by atoms with Crippen LogP contribution in [0.2, 0.25) is 0 Å². The van der Waals surface area contributed by atoms with Crippen LogP contribution in [0.15, 0.2) is 21.2 Å². The number of carbonyl (C=O) groups is 1. The van der Waals surface area contributed by atoms with E-state index >= 15 is 0 Å². The van der Waals surface area contributed by atoms with Crippen LogP contribution in [0, 0.1) is 0 Å². The Labute approximate surface area is 191 Å². The summed E-state index contributed by atoms with van der Waals surface area (Å²) >= 11 is 1.44. The van der Waals surface area contributed by atoms with Gasteiger partial charge in [0.25, 0.3) is 5.91 Å². The molecule has 2 aliphatic heterocycles. The minimum absolute atomic E-state index is 0.0931. The first-order valence-corrected chi connectivity index (χ1v) is 11.5. The standard InChI is InChI=1S/C19H30N8O4S/c1-4-31-19(2,3)5-9-30-12-13-11-26(25-24-13)7-10-32-18-21-14-15(27(18)6-8-28)22-17(20)23-16(14)29/h11,14,28H,4-10,12H2,1-3H3,(H2,20,23,29). The van der Waals surface area contributed by atoms with Crippen molar-refractivity contribution in [1.29, 1.82) is 0 Å². The van der Waals surface area contributed by atoms with Crippen LogP contribution in [0.3, 0.4) is 0 Å². The molecule has 1 aromatic rings. The highest BCUT2D eigenvalue weighted by Gasteiger charge is 2.39. The molecule has 0 saturated heterocycles. The maximum atomic E-state index is 12.1. The zero-order valence-corrected chi connectivity index (χ0v) is 19.4. The Hall–Kier alpha value is -2.35. The van der Waals surface area contributed by atoms with Gasteiger partial charge in [0.2, 0.25) is 5.96 Å². The number of hydrogen-bond acceptors (Lipinski definition) is 11. The number of β-amino-alcohol motifs (C(OH)–C–C–N with tert-alkyl or cyclic N) is 1. The Kier molecular flexibility index (Phi) is 8.34. The van der Waals surface area contributed by atoms with Crippen LogP contribution < -0.4 is 5.73 Å². The Morgan fingerprint density at radius 1 is 1.31 bits per heavy atom. The lowest BCUT2D eigenvalue weighted by atomic mass is 10.1. The minimum Gasteiger partial charge on any atom is -0.395 e. The predicted octanol–water partition coefficient (Wildman–Crippen LogP) is 0.0190. The lowest BCUT2D eigenvalue weighted by Gasteiger charge is -2.24. The fourth-order valence-electron chi connectivity index (χ4n) is 3.21. The van der Waals surface area contributed by atoms with Gasteiger partial charge in [0, 0.05) is 25.5 Å². The lowest BCUT2D eigenvalue weighted by Crippen LogP contribution is -2.42. The third-order valence-electron chi connectivity index (χ3n) is 4.77. The highest BCUT2D eigenvalue weighted by Crippen LogP contribution is 2.23. The zero-order valence-electron chi connectivity index (χ0n) is 18.6. The number of fused-ring (bicyclic) bond motifs is 1. The second-order valence-corrected chi connectivity index (χ2v) is 8.85. The molecule has 0 spiro atoms. The van der Waals surface area contributed by atoms with Crippen molar-refractivity contribution < 1.29 is 19.4 Å². The Morgan fingerprint density at radius 2 is 2.12 bits per heavy atom. The molecule has 32 heavy (non-hydrogen) atoms. The number of hydrogen-bond donors (Lipinski definition) is 2. The summed E-state index contributed by atoms with van der Waals surface area (Å²) in [6, 6.07) is -0.792. The third kappa shape index (κ3) is 6.34. The van der Waals surface area contributed by atoms with Gasteiger partial charge in [0.05, 0.1) is 31.6 Å². The van der Waals surface area contributed by atoms with Crippen molar-refractivity contribution in [3.63, 3.8) is 0 Å². The van der Waals surface area contributed by atoms with Crippen LogP contribution >= 0.6 is 11.8 Å². The van der Waals surface area contributed by atoms with Crippen molar-refractivity contribution in [2.24, 2.45) is 20.7 Å². The summed E-state index contributed by atoms with van der Waals surface area (Å²) < 4.78 is 13.1. The summed E-state index contributed by atoms with van der Waals surface area (Å²) in [5.74, 6) is 0.505. The van der Waals surface area contributed by atoms with Gasteiger partial charge >= 0.3 is 0 Å². The molecule has 2 aliphatic rings. The van der Waals surface area contributed by atoms with Gasteiger partial charge in [-0.1, -0.05) is 17.0 Å². The second kappa shape index (κ2) is 11.0. The monoisotopic (exact) mass is 466 g/mol. The molecule has 176 valence electrons. The first-order valence-electron chi connectivity index (χ1n) is 10.5. The van der Waals surface area contributed by atoms with E-state index in [1.165, 1.54) is 11.8 Å². The SMILES string of the molecule is CCOC(C)(C)CCOCc1cn(CCSC2=NC3C(=O)N=C(N)N=C3N2CCO)nn1. The summed E-state index contributed by atoms with van der Waals surface area (Å²) in [6.07, 6.45) is 2.64. The number of rotatable bonds is 12. The molecule has 0 radical (unpaired) electrons. The molecule has 12 nitrogen and oxygen atoms in total. The summed E-state index contributed by atoms with van der Waals surface area (Å²) in [7, 11) is 0. The molecule has 0 fully saturated rings. The number of carbonyl (C=O) groups excluding carboxylic acids is 1.